The van der Waals surface area contributed by atoms with Crippen LogP contribution in [0.1, 0.15) is 64.2 Å². The minimum Gasteiger partial charge on any atom is -0.495 e. The van der Waals surface area contributed by atoms with Crippen molar-refractivity contribution in [1.29, 1.82) is 0 Å². The Morgan fingerprint density at radius 3 is 2.50 bits per heavy atom. The Bertz CT molecular complexity index is 1530. The van der Waals surface area contributed by atoms with Crippen LogP contribution in [0, 0.1) is 0 Å². The molecule has 4 N–H and O–H groups in total. The van der Waals surface area contributed by atoms with Gasteiger partial charge in [0.25, 0.3) is 5.91 Å². The molecule has 1 amide bonds. The molecule has 1 aliphatic carbocycles. The predicted molar refractivity (Wildman–Crippen MR) is 151 cm³/mol. The summed E-state index contributed by atoms with van der Waals surface area (Å²) >= 11 is 0. The van der Waals surface area contributed by atoms with Crippen molar-refractivity contribution in [1.82, 2.24) is 14.9 Å². The van der Waals surface area contributed by atoms with Gasteiger partial charge in [0.15, 0.2) is 8.03 Å². The number of aliphatic hydroxyl groups excluding tert-OH is 1. The number of rotatable bonds is 8. The fourth-order valence-corrected chi connectivity index (χ4v) is 6.14. The predicted octanol–water partition coefficient (Wildman–Crippen LogP) is 5.56. The van der Waals surface area contributed by atoms with Crippen LogP contribution in [-0.2, 0) is 23.4 Å². The summed E-state index contributed by atoms with van der Waals surface area (Å²) in [7, 11) is 0.273. The Morgan fingerprint density at radius 1 is 1.12 bits per heavy atom. The van der Waals surface area contributed by atoms with Crippen LogP contribution in [-0.4, -0.2) is 51.0 Å². The number of carbonyl (C=O) groups excluding carboxylic acids is 1. The molecule has 224 valence electrons. The number of fused-ring (bicyclic) bond motifs is 1. The summed E-state index contributed by atoms with van der Waals surface area (Å²) in [6.45, 7) is 0.335. The summed E-state index contributed by atoms with van der Waals surface area (Å²) in [5.41, 5.74) is 2.03. The van der Waals surface area contributed by atoms with Crippen molar-refractivity contribution in [2.24, 2.45) is 0 Å². The van der Waals surface area contributed by atoms with Crippen molar-refractivity contribution in [3.63, 3.8) is 0 Å². The number of aliphatic hydroxyl groups is 1. The van der Waals surface area contributed by atoms with E-state index in [2.05, 4.69) is 20.6 Å². The average molecular weight is 606 g/mol. The number of anilines is 4. The number of methoxy groups -OCH3 is 1. The minimum atomic E-state index is -4.78. The normalized spacial score (nSPS) is 19.4. The molecule has 2 aliphatic rings. The lowest BCUT2D eigenvalue weighted by Crippen LogP contribution is -2.18. The van der Waals surface area contributed by atoms with Crippen molar-refractivity contribution in [3.8, 4) is 5.75 Å². The first-order valence-corrected chi connectivity index (χ1v) is 15.0. The molecule has 1 aliphatic heterocycles. The Hall–Kier alpha value is -3.67. The number of hydrogen-bond donors (Lipinski definition) is 4. The van der Waals surface area contributed by atoms with E-state index in [0.717, 1.165) is 24.0 Å². The van der Waals surface area contributed by atoms with Gasteiger partial charge in [-0.3, -0.25) is 9.36 Å². The molecule has 0 radical (unpaired) electrons. The Labute approximate surface area is 240 Å². The number of amides is 1. The molecule has 0 bridgehead atoms. The molecule has 1 saturated carbocycles. The second-order valence-corrected chi connectivity index (χ2v) is 11.7. The smallest absolute Gasteiger partial charge is 0.421 e. The van der Waals surface area contributed by atoms with Gasteiger partial charge in [-0.2, -0.15) is 18.2 Å². The zero-order valence-corrected chi connectivity index (χ0v) is 24.0. The van der Waals surface area contributed by atoms with E-state index in [9.17, 15) is 32.5 Å². The van der Waals surface area contributed by atoms with Crippen LogP contribution in [0.2, 0.25) is 0 Å². The van der Waals surface area contributed by atoms with Crippen molar-refractivity contribution in [3.05, 3.63) is 64.3 Å². The van der Waals surface area contributed by atoms with Crippen LogP contribution < -0.4 is 15.4 Å². The van der Waals surface area contributed by atoms with Crippen LogP contribution >= 0.6 is 8.03 Å². The molecule has 10 nitrogen and oxygen atoms in total. The number of alkyl halides is 3. The Kier molecular flexibility index (Phi) is 8.45. The maximum absolute atomic E-state index is 14.0. The summed E-state index contributed by atoms with van der Waals surface area (Å²) in [6.07, 6.45) is -1.67. The van der Waals surface area contributed by atoms with Gasteiger partial charge < -0.3 is 30.3 Å². The topological polar surface area (TPSA) is 137 Å². The van der Waals surface area contributed by atoms with E-state index < -0.39 is 25.6 Å². The monoisotopic (exact) mass is 605 g/mol. The first kappa shape index (κ1) is 29.8. The molecule has 1 fully saturated rings. The number of carbonyl (C=O) groups is 1. The lowest BCUT2D eigenvalue weighted by atomic mass is 9.80. The molecule has 0 saturated heterocycles. The summed E-state index contributed by atoms with van der Waals surface area (Å²) in [5, 5.41) is 15.5. The third kappa shape index (κ3) is 6.23. The first-order chi connectivity index (χ1) is 19.9. The highest BCUT2D eigenvalue weighted by Gasteiger charge is 2.37. The number of benzene rings is 2. The summed E-state index contributed by atoms with van der Waals surface area (Å²) < 4.78 is 58.7. The van der Waals surface area contributed by atoms with E-state index in [1.54, 1.807) is 31.3 Å². The number of aromatic nitrogens is 2. The second-order valence-electron chi connectivity index (χ2n) is 10.5. The molecular formula is C28H31F3N5O5P. The van der Waals surface area contributed by atoms with E-state index in [1.807, 2.05) is 6.07 Å². The van der Waals surface area contributed by atoms with E-state index in [4.69, 9.17) is 4.74 Å². The largest absolute Gasteiger partial charge is 0.495 e. The molecule has 42 heavy (non-hydrogen) atoms. The fourth-order valence-electron chi connectivity index (χ4n) is 5.57. The van der Waals surface area contributed by atoms with Gasteiger partial charge in [-0.25, -0.2) is 4.98 Å². The molecular weight excluding hydrogens is 574 g/mol. The van der Waals surface area contributed by atoms with Crippen LogP contribution in [0.4, 0.5) is 36.3 Å². The molecule has 1 atom stereocenters. The maximum Gasteiger partial charge on any atom is 0.421 e. The molecule has 14 heteroatoms. The lowest BCUT2D eigenvalue weighted by Gasteiger charge is -2.27. The summed E-state index contributed by atoms with van der Waals surface area (Å²) in [5.74, 6) is -0.569. The van der Waals surface area contributed by atoms with E-state index in [1.165, 1.54) is 12.0 Å². The van der Waals surface area contributed by atoms with Gasteiger partial charge in [0.1, 0.15) is 17.1 Å². The molecule has 0 spiro atoms. The van der Waals surface area contributed by atoms with Crippen molar-refractivity contribution in [2.75, 3.05) is 24.8 Å². The average Bonchev–Trinajstić information content (AvgIpc) is 3.23. The summed E-state index contributed by atoms with van der Waals surface area (Å²) in [6, 6.07) is 8.14. The summed E-state index contributed by atoms with van der Waals surface area (Å²) in [4.78, 5) is 31.9. The standard InChI is InChI=1S/C28H31F3N5O5P/c1-36-13-19-18(16-4-6-17(37)7-5-16)8-10-22(24(19)26(36)38)33-25-20(28(29,30)31)12-32-27(35-25)34-21-9-3-15(14-42(39)40)11-23(21)41-2/h3,8-12,16-17,37,42H,4-7,13-14H2,1-2H3,(H,39,40)(H2,32,33,34,35)/t16-,17-. The van der Waals surface area contributed by atoms with Gasteiger partial charge in [0.2, 0.25) is 5.95 Å². The maximum atomic E-state index is 14.0. The molecule has 2 aromatic carbocycles. The quantitative estimate of drug-likeness (QED) is 0.243. The SMILES string of the molecule is COc1cc(C[PH](=O)O)ccc1Nc1ncc(C(F)(F)F)c(Nc2ccc([C@H]3CC[C@H](O)CC3)c3c2C(=O)N(C)C3)n1. The number of nitrogens with one attached hydrogen (secondary N) is 2. The third-order valence-corrected chi connectivity index (χ3v) is 8.37. The Morgan fingerprint density at radius 2 is 1.83 bits per heavy atom. The van der Waals surface area contributed by atoms with E-state index in [-0.39, 0.29) is 41.5 Å². The van der Waals surface area contributed by atoms with Crippen molar-refractivity contribution < 1.29 is 37.3 Å². The zero-order valence-electron chi connectivity index (χ0n) is 23.0. The number of hydrogen-bond acceptors (Lipinski definition) is 8. The molecule has 1 aromatic heterocycles. The van der Waals surface area contributed by atoms with Crippen molar-refractivity contribution >= 4 is 37.1 Å². The fraction of sp³-hybridized carbons (Fsp3) is 0.393. The number of nitrogens with zero attached hydrogens (tertiary/aromatic N) is 3. The van der Waals surface area contributed by atoms with Gasteiger partial charge in [0, 0.05) is 26.0 Å². The Balaban J connectivity index is 1.50. The second kappa shape index (κ2) is 11.9. The van der Waals surface area contributed by atoms with Gasteiger partial charge in [0.05, 0.1) is 30.2 Å². The molecule has 1 unspecified atom stereocenters. The molecule has 3 aromatic rings. The number of ether oxygens (including phenoxy) is 1. The molecule has 5 rings (SSSR count). The number of halogens is 3. The van der Waals surface area contributed by atoms with E-state index in [0.29, 0.717) is 42.4 Å². The zero-order chi connectivity index (χ0) is 30.2. The highest BCUT2D eigenvalue weighted by atomic mass is 31.1. The van der Waals surface area contributed by atoms with Crippen LogP contribution in [0.15, 0.2) is 36.5 Å². The van der Waals surface area contributed by atoms with E-state index >= 15 is 0 Å². The molecule has 2 heterocycles. The first-order valence-electron chi connectivity index (χ1n) is 13.4. The van der Waals surface area contributed by atoms with Gasteiger partial charge in [-0.15, -0.1) is 0 Å². The van der Waals surface area contributed by atoms with Gasteiger partial charge >= 0.3 is 6.18 Å². The van der Waals surface area contributed by atoms with Gasteiger partial charge in [-0.05, 0) is 66.5 Å². The van der Waals surface area contributed by atoms with Crippen molar-refractivity contribution in [2.45, 2.75) is 56.6 Å². The highest BCUT2D eigenvalue weighted by Crippen LogP contribution is 2.42. The lowest BCUT2D eigenvalue weighted by molar-refractivity contribution is -0.137. The minimum absolute atomic E-state index is 0.0497. The van der Waals surface area contributed by atoms with Crippen LogP contribution in [0.3, 0.4) is 0 Å². The van der Waals surface area contributed by atoms with Crippen LogP contribution in [0.5, 0.6) is 5.75 Å². The third-order valence-electron chi connectivity index (χ3n) is 7.66. The van der Waals surface area contributed by atoms with Crippen LogP contribution in [0.25, 0.3) is 0 Å². The highest BCUT2D eigenvalue weighted by molar-refractivity contribution is 7.37. The van der Waals surface area contributed by atoms with Gasteiger partial charge in [-0.1, -0.05) is 12.1 Å².